The van der Waals surface area contributed by atoms with Crippen LogP contribution in [-0.4, -0.2) is 41.7 Å². The van der Waals surface area contributed by atoms with Crippen molar-refractivity contribution in [3.8, 4) is 5.88 Å². The Balaban J connectivity index is 1.73. The van der Waals surface area contributed by atoms with E-state index in [4.69, 9.17) is 4.74 Å². The number of rotatable bonds is 4. The van der Waals surface area contributed by atoms with Crippen molar-refractivity contribution in [1.29, 1.82) is 0 Å². The third-order valence-corrected chi connectivity index (χ3v) is 5.12. The summed E-state index contributed by atoms with van der Waals surface area (Å²) >= 11 is 0. The van der Waals surface area contributed by atoms with Crippen molar-refractivity contribution in [3.63, 3.8) is 0 Å². The Bertz CT molecular complexity index is 471. The first-order valence-electron chi connectivity index (χ1n) is 8.24. The Kier molecular flexibility index (Phi) is 4.45. The molecule has 1 saturated carbocycles. The predicted octanol–water partition coefficient (Wildman–Crippen LogP) is 2.59. The highest BCUT2D eigenvalue weighted by Gasteiger charge is 2.40. The lowest BCUT2D eigenvalue weighted by Gasteiger charge is -2.46. The summed E-state index contributed by atoms with van der Waals surface area (Å²) in [7, 11) is 1.68. The lowest BCUT2D eigenvalue weighted by molar-refractivity contribution is 0.0706. The van der Waals surface area contributed by atoms with Gasteiger partial charge in [0.1, 0.15) is 0 Å². The topological polar surface area (TPSA) is 37.4 Å². The highest BCUT2D eigenvalue weighted by atomic mass is 16.5. The second-order valence-electron chi connectivity index (χ2n) is 6.51. The summed E-state index contributed by atoms with van der Waals surface area (Å²) in [6.45, 7) is 5.48. The number of ether oxygens (including phenoxy) is 1. The average Bonchev–Trinajstić information content (AvgIpc) is 2.96. The smallest absolute Gasteiger partial charge is 0.213 e. The monoisotopic (exact) mass is 289 g/mol. The fraction of sp³-hybridized carbons (Fsp3) is 0.706. The van der Waals surface area contributed by atoms with Gasteiger partial charge in [0.25, 0.3) is 0 Å². The summed E-state index contributed by atoms with van der Waals surface area (Å²) in [6.07, 6.45) is 6.58. The van der Waals surface area contributed by atoms with Gasteiger partial charge >= 0.3 is 0 Å². The SMILES string of the molecule is CCC1CNC2(CCCC2)CN1Cc1cccc(OC)n1. The van der Waals surface area contributed by atoms with Crippen LogP contribution in [0.1, 0.15) is 44.7 Å². The van der Waals surface area contributed by atoms with Crippen molar-refractivity contribution < 1.29 is 4.74 Å². The van der Waals surface area contributed by atoms with Crippen LogP contribution in [0.15, 0.2) is 18.2 Å². The summed E-state index contributed by atoms with van der Waals surface area (Å²) in [4.78, 5) is 7.21. The Morgan fingerprint density at radius 1 is 1.38 bits per heavy atom. The van der Waals surface area contributed by atoms with E-state index in [1.807, 2.05) is 12.1 Å². The molecule has 21 heavy (non-hydrogen) atoms. The van der Waals surface area contributed by atoms with E-state index in [1.165, 1.54) is 32.1 Å². The maximum Gasteiger partial charge on any atom is 0.213 e. The second-order valence-corrected chi connectivity index (χ2v) is 6.51. The van der Waals surface area contributed by atoms with E-state index in [1.54, 1.807) is 7.11 Å². The number of hydrogen-bond donors (Lipinski definition) is 1. The van der Waals surface area contributed by atoms with E-state index in [-0.39, 0.29) is 0 Å². The van der Waals surface area contributed by atoms with Gasteiger partial charge < -0.3 is 10.1 Å². The predicted molar refractivity (Wildman–Crippen MR) is 84.5 cm³/mol. The molecule has 116 valence electrons. The molecule has 0 radical (unpaired) electrons. The maximum atomic E-state index is 5.25. The lowest BCUT2D eigenvalue weighted by Crippen LogP contribution is -2.62. The minimum absolute atomic E-state index is 0.366. The van der Waals surface area contributed by atoms with Gasteiger partial charge in [-0.25, -0.2) is 4.98 Å². The third-order valence-electron chi connectivity index (χ3n) is 5.12. The Morgan fingerprint density at radius 2 is 2.19 bits per heavy atom. The molecule has 0 amide bonds. The Hall–Kier alpha value is -1.13. The molecule has 1 aromatic rings. The number of aromatic nitrogens is 1. The van der Waals surface area contributed by atoms with Gasteiger partial charge in [-0.3, -0.25) is 4.90 Å². The number of pyridine rings is 1. The first kappa shape index (κ1) is 14.8. The number of methoxy groups -OCH3 is 1. The zero-order chi connectivity index (χ0) is 14.7. The van der Waals surface area contributed by atoms with Gasteiger partial charge in [-0.2, -0.15) is 0 Å². The number of nitrogens with one attached hydrogen (secondary N) is 1. The van der Waals surface area contributed by atoms with Gasteiger partial charge in [-0.1, -0.05) is 25.8 Å². The van der Waals surface area contributed by atoms with Crippen LogP contribution in [0, 0.1) is 0 Å². The molecule has 4 heteroatoms. The summed E-state index contributed by atoms with van der Waals surface area (Å²) in [5.41, 5.74) is 1.48. The van der Waals surface area contributed by atoms with Crippen molar-refractivity contribution >= 4 is 0 Å². The molecule has 2 fully saturated rings. The molecule has 3 rings (SSSR count). The molecule has 1 aliphatic carbocycles. The molecule has 4 nitrogen and oxygen atoms in total. The molecule has 2 heterocycles. The molecule has 1 spiro atoms. The number of nitrogens with zero attached hydrogens (tertiary/aromatic N) is 2. The molecule has 1 saturated heterocycles. The fourth-order valence-electron chi connectivity index (χ4n) is 3.88. The van der Waals surface area contributed by atoms with Crippen LogP contribution in [0.5, 0.6) is 5.88 Å². The van der Waals surface area contributed by atoms with E-state index < -0.39 is 0 Å². The standard InChI is InChI=1S/C17H27N3O/c1-3-15-11-18-17(9-4-5-10-17)13-20(15)12-14-7-6-8-16(19-14)21-2/h6-8,15,18H,3-5,9-13H2,1-2H3. The molecule has 0 bridgehead atoms. The first-order chi connectivity index (χ1) is 10.2. The maximum absolute atomic E-state index is 5.25. The molecule has 1 atom stereocenters. The molecular weight excluding hydrogens is 262 g/mol. The summed E-state index contributed by atoms with van der Waals surface area (Å²) in [5.74, 6) is 0.714. The fourth-order valence-corrected chi connectivity index (χ4v) is 3.88. The Morgan fingerprint density at radius 3 is 2.90 bits per heavy atom. The van der Waals surface area contributed by atoms with E-state index >= 15 is 0 Å². The molecule has 0 aromatic carbocycles. The van der Waals surface area contributed by atoms with Crippen LogP contribution in [0.2, 0.25) is 0 Å². The van der Waals surface area contributed by atoms with Crippen LogP contribution < -0.4 is 10.1 Å². The molecule has 1 unspecified atom stereocenters. The van der Waals surface area contributed by atoms with Crippen LogP contribution >= 0.6 is 0 Å². The van der Waals surface area contributed by atoms with Crippen molar-refractivity contribution in [1.82, 2.24) is 15.2 Å². The molecular formula is C17H27N3O. The molecule has 1 N–H and O–H groups in total. The molecule has 2 aliphatic rings. The third kappa shape index (κ3) is 3.22. The normalized spacial score (nSPS) is 25.3. The summed E-state index contributed by atoms with van der Waals surface area (Å²) in [5, 5.41) is 3.85. The zero-order valence-electron chi connectivity index (χ0n) is 13.3. The zero-order valence-corrected chi connectivity index (χ0v) is 13.3. The average molecular weight is 289 g/mol. The van der Waals surface area contributed by atoms with E-state index in [0.29, 0.717) is 17.5 Å². The van der Waals surface area contributed by atoms with Crippen molar-refractivity contribution in [2.45, 2.75) is 57.2 Å². The van der Waals surface area contributed by atoms with Crippen LogP contribution in [-0.2, 0) is 6.54 Å². The minimum Gasteiger partial charge on any atom is -0.481 e. The molecule has 1 aliphatic heterocycles. The van der Waals surface area contributed by atoms with E-state index in [2.05, 4.69) is 28.2 Å². The van der Waals surface area contributed by atoms with E-state index in [9.17, 15) is 0 Å². The number of piperazine rings is 1. The number of hydrogen-bond acceptors (Lipinski definition) is 4. The largest absolute Gasteiger partial charge is 0.481 e. The minimum atomic E-state index is 0.366. The molecule has 1 aromatic heterocycles. The van der Waals surface area contributed by atoms with Gasteiger partial charge in [0.05, 0.1) is 12.8 Å². The highest BCUT2D eigenvalue weighted by Crippen LogP contribution is 2.34. The van der Waals surface area contributed by atoms with Crippen molar-refractivity contribution in [2.75, 3.05) is 20.2 Å². The highest BCUT2D eigenvalue weighted by molar-refractivity contribution is 5.16. The van der Waals surface area contributed by atoms with Crippen LogP contribution in [0.25, 0.3) is 0 Å². The Labute approximate surface area is 127 Å². The summed E-state index contributed by atoms with van der Waals surface area (Å²) in [6, 6.07) is 6.68. The second kappa shape index (κ2) is 6.32. The van der Waals surface area contributed by atoms with Gasteiger partial charge in [-0.05, 0) is 25.3 Å². The van der Waals surface area contributed by atoms with Gasteiger partial charge in [0, 0.05) is 37.3 Å². The van der Waals surface area contributed by atoms with Gasteiger partial charge in [-0.15, -0.1) is 0 Å². The van der Waals surface area contributed by atoms with Crippen LogP contribution in [0.3, 0.4) is 0 Å². The lowest BCUT2D eigenvalue weighted by atomic mass is 9.91. The van der Waals surface area contributed by atoms with Gasteiger partial charge in [0.2, 0.25) is 5.88 Å². The quantitative estimate of drug-likeness (QED) is 0.924. The van der Waals surface area contributed by atoms with Crippen LogP contribution in [0.4, 0.5) is 0 Å². The van der Waals surface area contributed by atoms with Crippen molar-refractivity contribution in [2.24, 2.45) is 0 Å². The first-order valence-corrected chi connectivity index (χ1v) is 8.24. The van der Waals surface area contributed by atoms with Crippen molar-refractivity contribution in [3.05, 3.63) is 23.9 Å². The van der Waals surface area contributed by atoms with E-state index in [0.717, 1.165) is 25.3 Å². The summed E-state index contributed by atoms with van der Waals surface area (Å²) < 4.78 is 5.25. The van der Waals surface area contributed by atoms with Gasteiger partial charge in [0.15, 0.2) is 0 Å².